The van der Waals surface area contributed by atoms with Crippen molar-refractivity contribution < 1.29 is 0 Å². The van der Waals surface area contributed by atoms with Gasteiger partial charge in [0, 0.05) is 11.4 Å². The number of hydrogen-bond acceptors (Lipinski definition) is 3. The van der Waals surface area contributed by atoms with Gasteiger partial charge in [-0.25, -0.2) is 4.98 Å². The second-order valence-electron chi connectivity index (χ2n) is 6.51. The molecule has 0 bridgehead atoms. The number of rotatable bonds is 3. The molecule has 0 amide bonds. The lowest BCUT2D eigenvalue weighted by molar-refractivity contribution is 0.509. The van der Waals surface area contributed by atoms with Gasteiger partial charge in [-0.3, -0.25) is 9.36 Å². The van der Waals surface area contributed by atoms with Crippen molar-refractivity contribution in [1.29, 1.82) is 0 Å². The number of fused-ring (bicyclic) bond motifs is 3. The first kappa shape index (κ1) is 14.6. The SMILES string of the molecule is C[C@@H]1CCc2c(sc3ncn(CCc4ccccc4)c(=O)c23)C1. The molecular formula is C19H20N2OS. The minimum Gasteiger partial charge on any atom is -0.298 e. The molecule has 0 radical (unpaired) electrons. The van der Waals surface area contributed by atoms with Gasteiger partial charge in [-0.05, 0) is 42.7 Å². The fraction of sp³-hybridized carbons (Fsp3) is 0.368. The molecule has 23 heavy (non-hydrogen) atoms. The van der Waals surface area contributed by atoms with Crippen molar-refractivity contribution in [2.75, 3.05) is 0 Å². The topological polar surface area (TPSA) is 34.9 Å². The molecule has 1 aliphatic carbocycles. The van der Waals surface area contributed by atoms with Crippen LogP contribution in [0.4, 0.5) is 0 Å². The van der Waals surface area contributed by atoms with E-state index < -0.39 is 0 Å². The highest BCUT2D eigenvalue weighted by Gasteiger charge is 2.23. The summed E-state index contributed by atoms with van der Waals surface area (Å²) in [6, 6.07) is 10.3. The smallest absolute Gasteiger partial charge is 0.262 e. The van der Waals surface area contributed by atoms with Gasteiger partial charge in [0.2, 0.25) is 0 Å². The van der Waals surface area contributed by atoms with Crippen LogP contribution in [0.2, 0.25) is 0 Å². The van der Waals surface area contributed by atoms with Crippen LogP contribution >= 0.6 is 11.3 Å². The Morgan fingerprint density at radius 3 is 2.96 bits per heavy atom. The van der Waals surface area contributed by atoms with Gasteiger partial charge in [0.05, 0.1) is 11.7 Å². The van der Waals surface area contributed by atoms with Gasteiger partial charge in [0.1, 0.15) is 4.83 Å². The third-order valence-corrected chi connectivity index (χ3v) is 5.93. The Kier molecular flexibility index (Phi) is 3.77. The lowest BCUT2D eigenvalue weighted by Gasteiger charge is -2.17. The van der Waals surface area contributed by atoms with Crippen LogP contribution in [0.25, 0.3) is 10.2 Å². The van der Waals surface area contributed by atoms with Gasteiger partial charge < -0.3 is 0 Å². The Labute approximate surface area is 139 Å². The molecule has 118 valence electrons. The van der Waals surface area contributed by atoms with E-state index in [2.05, 4.69) is 24.0 Å². The summed E-state index contributed by atoms with van der Waals surface area (Å²) in [4.78, 5) is 19.8. The van der Waals surface area contributed by atoms with E-state index in [1.165, 1.54) is 22.4 Å². The zero-order valence-electron chi connectivity index (χ0n) is 13.3. The summed E-state index contributed by atoms with van der Waals surface area (Å²) in [5.74, 6) is 0.718. The van der Waals surface area contributed by atoms with Gasteiger partial charge >= 0.3 is 0 Å². The first-order valence-electron chi connectivity index (χ1n) is 8.26. The van der Waals surface area contributed by atoms with E-state index in [1.54, 1.807) is 22.2 Å². The fourth-order valence-electron chi connectivity index (χ4n) is 3.42. The molecule has 0 spiro atoms. The second kappa shape index (κ2) is 5.93. The Hall–Kier alpha value is -1.94. The van der Waals surface area contributed by atoms with Gasteiger partial charge in [0.25, 0.3) is 5.56 Å². The highest BCUT2D eigenvalue weighted by Crippen LogP contribution is 2.35. The van der Waals surface area contributed by atoms with Crippen molar-refractivity contribution in [2.24, 2.45) is 5.92 Å². The van der Waals surface area contributed by atoms with Crippen LogP contribution in [0.15, 0.2) is 41.5 Å². The number of thiophene rings is 1. The third kappa shape index (κ3) is 2.72. The highest BCUT2D eigenvalue weighted by atomic mass is 32.1. The highest BCUT2D eigenvalue weighted by molar-refractivity contribution is 7.18. The van der Waals surface area contributed by atoms with Crippen molar-refractivity contribution in [3.8, 4) is 0 Å². The summed E-state index contributed by atoms with van der Waals surface area (Å²) in [5.41, 5.74) is 2.66. The Balaban J connectivity index is 1.69. The quantitative estimate of drug-likeness (QED) is 0.734. The Morgan fingerprint density at radius 2 is 2.13 bits per heavy atom. The second-order valence-corrected chi connectivity index (χ2v) is 7.59. The summed E-state index contributed by atoms with van der Waals surface area (Å²) in [5, 5.41) is 0.882. The molecule has 2 aromatic heterocycles. The summed E-state index contributed by atoms with van der Waals surface area (Å²) >= 11 is 1.72. The number of aryl methyl sites for hydroxylation is 3. The Morgan fingerprint density at radius 1 is 1.30 bits per heavy atom. The van der Waals surface area contributed by atoms with Gasteiger partial charge in [-0.1, -0.05) is 37.3 Å². The molecule has 4 heteroatoms. The molecule has 2 heterocycles. The molecule has 0 aliphatic heterocycles. The van der Waals surface area contributed by atoms with E-state index in [-0.39, 0.29) is 5.56 Å². The largest absolute Gasteiger partial charge is 0.298 e. The number of aromatic nitrogens is 2. The lowest BCUT2D eigenvalue weighted by Crippen LogP contribution is -2.22. The zero-order valence-corrected chi connectivity index (χ0v) is 14.1. The number of hydrogen-bond donors (Lipinski definition) is 0. The minimum absolute atomic E-state index is 0.137. The van der Waals surface area contributed by atoms with Crippen molar-refractivity contribution in [2.45, 2.75) is 39.2 Å². The van der Waals surface area contributed by atoms with Gasteiger partial charge in [0.15, 0.2) is 0 Å². The monoisotopic (exact) mass is 324 g/mol. The molecule has 0 fully saturated rings. The van der Waals surface area contributed by atoms with E-state index >= 15 is 0 Å². The van der Waals surface area contributed by atoms with Crippen molar-refractivity contribution in [3.63, 3.8) is 0 Å². The maximum Gasteiger partial charge on any atom is 0.262 e. The van der Waals surface area contributed by atoms with Crippen molar-refractivity contribution >= 4 is 21.6 Å². The molecule has 0 saturated heterocycles. The fourth-order valence-corrected chi connectivity index (χ4v) is 4.76. The zero-order chi connectivity index (χ0) is 15.8. The minimum atomic E-state index is 0.137. The molecule has 3 nitrogen and oxygen atoms in total. The predicted molar refractivity (Wildman–Crippen MR) is 95.2 cm³/mol. The van der Waals surface area contributed by atoms with Gasteiger partial charge in [-0.2, -0.15) is 0 Å². The molecule has 0 unspecified atom stereocenters. The number of nitrogens with zero attached hydrogens (tertiary/aromatic N) is 2. The average Bonchev–Trinajstić information content (AvgIpc) is 2.93. The Bertz CT molecular complexity index is 895. The van der Waals surface area contributed by atoms with E-state index in [1.807, 2.05) is 18.2 Å². The summed E-state index contributed by atoms with van der Waals surface area (Å²) in [6.45, 7) is 2.98. The molecule has 3 aromatic rings. The van der Waals surface area contributed by atoms with Gasteiger partial charge in [-0.15, -0.1) is 11.3 Å². The molecule has 1 aliphatic rings. The average molecular weight is 324 g/mol. The van der Waals surface area contributed by atoms with Crippen LogP contribution in [-0.2, 0) is 25.8 Å². The van der Waals surface area contributed by atoms with Crippen molar-refractivity contribution in [3.05, 3.63) is 63.0 Å². The van der Waals surface area contributed by atoms with Crippen LogP contribution in [0.5, 0.6) is 0 Å². The standard InChI is InChI=1S/C19H20N2OS/c1-13-7-8-15-16(11-13)23-18-17(15)19(22)21(12-20-18)10-9-14-5-3-2-4-6-14/h2-6,12-13H,7-11H2,1H3/t13-/m1/s1. The maximum atomic E-state index is 12.9. The number of benzene rings is 1. The summed E-state index contributed by atoms with van der Waals surface area (Å²) in [7, 11) is 0. The van der Waals surface area contributed by atoms with Crippen LogP contribution in [0, 0.1) is 5.92 Å². The van der Waals surface area contributed by atoms with Crippen LogP contribution in [-0.4, -0.2) is 9.55 Å². The van der Waals surface area contributed by atoms with Crippen LogP contribution < -0.4 is 5.56 Å². The predicted octanol–water partition coefficient (Wildman–Crippen LogP) is 3.83. The molecular weight excluding hydrogens is 304 g/mol. The molecule has 0 N–H and O–H groups in total. The molecule has 1 aromatic carbocycles. The first-order valence-corrected chi connectivity index (χ1v) is 9.07. The van der Waals surface area contributed by atoms with Crippen molar-refractivity contribution in [1.82, 2.24) is 9.55 Å². The molecule has 0 saturated carbocycles. The first-order chi connectivity index (χ1) is 11.2. The normalized spacial score (nSPS) is 17.3. The van der Waals surface area contributed by atoms with Crippen LogP contribution in [0.3, 0.4) is 0 Å². The third-order valence-electron chi connectivity index (χ3n) is 4.77. The summed E-state index contributed by atoms with van der Waals surface area (Å²) in [6.07, 6.45) is 5.88. The maximum absolute atomic E-state index is 12.9. The van der Waals surface area contributed by atoms with E-state index in [0.717, 1.165) is 35.4 Å². The molecule has 4 rings (SSSR count). The van der Waals surface area contributed by atoms with E-state index in [0.29, 0.717) is 6.54 Å². The van der Waals surface area contributed by atoms with Crippen LogP contribution in [0.1, 0.15) is 29.3 Å². The summed E-state index contributed by atoms with van der Waals surface area (Å²) < 4.78 is 1.78. The molecule has 1 atom stereocenters. The van der Waals surface area contributed by atoms with E-state index in [4.69, 9.17) is 0 Å². The van der Waals surface area contributed by atoms with E-state index in [9.17, 15) is 4.79 Å². The lowest BCUT2D eigenvalue weighted by atomic mass is 9.89.